The van der Waals surface area contributed by atoms with Crippen LogP contribution in [0.4, 0.5) is 18.9 Å². The number of para-hydroxylation sites is 1. The molecule has 2 N–H and O–H groups in total. The molecule has 2 aromatic carbocycles. The van der Waals surface area contributed by atoms with Crippen LogP contribution in [-0.4, -0.2) is 27.2 Å². The second kappa shape index (κ2) is 7.73. The van der Waals surface area contributed by atoms with Crippen molar-refractivity contribution in [2.45, 2.75) is 28.8 Å². The van der Waals surface area contributed by atoms with Gasteiger partial charge in [-0.05, 0) is 54.0 Å². The zero-order valence-electron chi connectivity index (χ0n) is 18.9. The van der Waals surface area contributed by atoms with Crippen molar-refractivity contribution in [3.63, 3.8) is 0 Å². The van der Waals surface area contributed by atoms with Crippen LogP contribution in [0.25, 0.3) is 0 Å². The van der Waals surface area contributed by atoms with Crippen molar-refractivity contribution in [1.29, 1.82) is 0 Å². The summed E-state index contributed by atoms with van der Waals surface area (Å²) in [6.07, 6.45) is -4.07. The molecule has 3 heterocycles. The molecule has 7 atom stereocenters. The fourth-order valence-electron chi connectivity index (χ4n) is 7.22. The highest BCUT2D eigenvalue weighted by atomic mass is 32.2. The number of aromatic hydroxyl groups is 1. The van der Waals surface area contributed by atoms with Gasteiger partial charge in [-0.25, -0.2) is 4.90 Å². The van der Waals surface area contributed by atoms with Gasteiger partial charge in [-0.3, -0.25) is 14.4 Å². The zero-order chi connectivity index (χ0) is 25.8. The maximum Gasteiger partial charge on any atom is 0.418 e. The Kier molecular flexibility index (Phi) is 4.83. The number of fused-ring (bicyclic) bond motifs is 9. The third-order valence-electron chi connectivity index (χ3n) is 8.43. The van der Waals surface area contributed by atoms with Crippen LogP contribution in [0.3, 0.4) is 0 Å². The first-order valence-corrected chi connectivity index (χ1v) is 13.6. The van der Waals surface area contributed by atoms with Crippen molar-refractivity contribution in [2.75, 3.05) is 4.90 Å². The van der Waals surface area contributed by atoms with E-state index in [0.29, 0.717) is 6.42 Å². The summed E-state index contributed by atoms with van der Waals surface area (Å²) in [6, 6.07) is 11.5. The molecular formula is C26H19F3N2O4S2. The molecule has 7 rings (SSSR count). The summed E-state index contributed by atoms with van der Waals surface area (Å²) in [7, 11) is 0. The van der Waals surface area contributed by atoms with Gasteiger partial charge in [-0.2, -0.15) is 13.2 Å². The van der Waals surface area contributed by atoms with Crippen LogP contribution in [0.1, 0.15) is 28.3 Å². The number of alkyl halides is 3. The van der Waals surface area contributed by atoms with Gasteiger partial charge in [0.2, 0.25) is 11.8 Å². The summed E-state index contributed by atoms with van der Waals surface area (Å²) in [5, 5.41) is 10.5. The number of rotatable bonds is 2. The van der Waals surface area contributed by atoms with Crippen molar-refractivity contribution in [2.24, 2.45) is 29.6 Å². The van der Waals surface area contributed by atoms with Gasteiger partial charge < -0.3 is 10.1 Å². The van der Waals surface area contributed by atoms with E-state index < -0.39 is 41.1 Å². The number of nitrogens with zero attached hydrogens (tertiary/aromatic N) is 1. The molecular weight excluding hydrogens is 525 g/mol. The van der Waals surface area contributed by atoms with E-state index in [1.165, 1.54) is 30.0 Å². The first-order valence-electron chi connectivity index (χ1n) is 11.9. The Morgan fingerprint density at radius 2 is 1.62 bits per heavy atom. The predicted molar refractivity (Wildman–Crippen MR) is 131 cm³/mol. The summed E-state index contributed by atoms with van der Waals surface area (Å²) >= 11 is 2.63. The van der Waals surface area contributed by atoms with Crippen molar-refractivity contribution in [3.8, 4) is 5.75 Å². The van der Waals surface area contributed by atoms with Crippen molar-refractivity contribution < 1.29 is 27.9 Å². The van der Waals surface area contributed by atoms with Gasteiger partial charge in [0.05, 0.1) is 28.1 Å². The molecule has 6 unspecified atom stereocenters. The lowest BCUT2D eigenvalue weighted by Gasteiger charge is -2.43. The lowest BCUT2D eigenvalue weighted by atomic mass is 9.68. The van der Waals surface area contributed by atoms with Crippen LogP contribution in [-0.2, 0) is 15.8 Å². The van der Waals surface area contributed by atoms with Gasteiger partial charge in [0.25, 0.3) is 0 Å². The van der Waals surface area contributed by atoms with E-state index in [1.54, 1.807) is 24.3 Å². The number of hydrogen-bond acceptors (Lipinski definition) is 6. The first-order chi connectivity index (χ1) is 17.6. The van der Waals surface area contributed by atoms with E-state index in [0.717, 1.165) is 37.8 Å². The van der Waals surface area contributed by atoms with Crippen LogP contribution < -0.4 is 9.77 Å². The minimum Gasteiger partial charge on any atom is -0.508 e. The van der Waals surface area contributed by atoms with E-state index in [-0.39, 0.29) is 39.5 Å². The van der Waals surface area contributed by atoms with E-state index >= 15 is 0 Å². The topological polar surface area (TPSA) is 90.5 Å². The predicted octanol–water partition coefficient (Wildman–Crippen LogP) is 4.84. The van der Waals surface area contributed by atoms with Crippen LogP contribution in [0.2, 0.25) is 0 Å². The SMILES string of the molecule is O=C1C2C3CC(C2C(=O)N1c1ccccc1C(F)(F)F)C1C3Sc2[nH]c(=O)sc2[C@@H]1c1ccc(O)cc1. The molecule has 2 saturated carbocycles. The Labute approximate surface area is 216 Å². The van der Waals surface area contributed by atoms with Crippen LogP contribution >= 0.6 is 23.1 Å². The summed E-state index contributed by atoms with van der Waals surface area (Å²) in [5.74, 6) is -3.11. The average Bonchev–Trinajstić information content (AvgIpc) is 3.58. The number of aromatic amines is 1. The molecule has 2 aliphatic carbocycles. The Balaban J connectivity index is 1.32. The Hall–Kier alpha value is -3.05. The van der Waals surface area contributed by atoms with Crippen LogP contribution in [0.5, 0.6) is 5.75 Å². The maximum absolute atomic E-state index is 13.8. The molecule has 1 saturated heterocycles. The zero-order valence-corrected chi connectivity index (χ0v) is 20.6. The highest BCUT2D eigenvalue weighted by Gasteiger charge is 2.70. The third kappa shape index (κ3) is 3.16. The number of thiazole rings is 1. The van der Waals surface area contributed by atoms with Crippen LogP contribution in [0.15, 0.2) is 58.4 Å². The molecule has 1 aromatic heterocycles. The van der Waals surface area contributed by atoms with Gasteiger partial charge >= 0.3 is 11.0 Å². The van der Waals surface area contributed by atoms with Gasteiger partial charge in [-0.15, -0.1) is 11.8 Å². The number of benzene rings is 2. The number of carbonyl (C=O) groups excluding carboxylic acids is 2. The first kappa shape index (κ1) is 23.1. The molecule has 3 fully saturated rings. The number of thioether (sulfide) groups is 1. The fraction of sp³-hybridized carbons (Fsp3) is 0.346. The number of H-pyrrole nitrogens is 1. The van der Waals surface area contributed by atoms with E-state index in [1.807, 2.05) is 0 Å². The highest BCUT2D eigenvalue weighted by molar-refractivity contribution is 8.00. The monoisotopic (exact) mass is 544 g/mol. The normalized spacial score (nSPS) is 32.0. The summed E-state index contributed by atoms with van der Waals surface area (Å²) in [6.45, 7) is 0. The fourth-order valence-corrected chi connectivity index (χ4v) is 10.1. The second-order valence-electron chi connectivity index (χ2n) is 10.1. The number of anilines is 1. The quantitative estimate of drug-likeness (QED) is 0.451. The molecule has 11 heteroatoms. The summed E-state index contributed by atoms with van der Waals surface area (Å²) < 4.78 is 41.3. The molecule has 37 heavy (non-hydrogen) atoms. The van der Waals surface area contributed by atoms with Crippen molar-refractivity contribution in [3.05, 3.63) is 74.2 Å². The van der Waals surface area contributed by atoms with E-state index in [4.69, 9.17) is 0 Å². The summed E-state index contributed by atoms with van der Waals surface area (Å²) in [4.78, 5) is 44.0. The largest absolute Gasteiger partial charge is 0.508 e. The molecule has 2 amide bonds. The smallest absolute Gasteiger partial charge is 0.418 e. The molecule has 3 aromatic rings. The minimum absolute atomic E-state index is 0.0719. The Bertz CT molecular complexity index is 1510. The minimum atomic E-state index is -4.71. The van der Waals surface area contributed by atoms with Crippen molar-refractivity contribution >= 4 is 40.6 Å². The number of nitrogens with one attached hydrogen (secondary N) is 1. The van der Waals surface area contributed by atoms with Gasteiger partial charge in [-0.1, -0.05) is 35.6 Å². The van der Waals surface area contributed by atoms with Gasteiger partial charge in [0.1, 0.15) is 5.75 Å². The van der Waals surface area contributed by atoms with E-state index in [2.05, 4.69) is 4.98 Å². The standard InChI is InChI=1S/C26H19F3N2O4S2/c27-26(28,29)14-3-1-2-4-15(14)31-23(33)18-12-9-13(19(18)24(31)34)20-17(12)16(10-5-7-11(32)8-6-10)21-22(36-20)30-25(35)37-21/h1-8,12-13,16-20,32H,9H2,(H,30,35)/t12?,13?,16-,17?,18?,19?,20?/m1/s1. The molecule has 0 radical (unpaired) electrons. The molecule has 6 nitrogen and oxygen atoms in total. The number of phenols is 1. The third-order valence-corrected chi connectivity index (χ3v) is 11.0. The lowest BCUT2D eigenvalue weighted by Crippen LogP contribution is -2.42. The van der Waals surface area contributed by atoms with Gasteiger partial charge in [0, 0.05) is 16.0 Å². The molecule has 190 valence electrons. The Morgan fingerprint density at radius 3 is 2.32 bits per heavy atom. The maximum atomic E-state index is 13.8. The van der Waals surface area contributed by atoms with Crippen molar-refractivity contribution in [1.82, 2.24) is 4.98 Å². The Morgan fingerprint density at radius 1 is 0.946 bits per heavy atom. The average molecular weight is 545 g/mol. The van der Waals surface area contributed by atoms with E-state index in [9.17, 15) is 32.7 Å². The highest BCUT2D eigenvalue weighted by Crippen LogP contribution is 2.68. The molecule has 4 aliphatic rings. The number of aromatic nitrogens is 1. The summed E-state index contributed by atoms with van der Waals surface area (Å²) in [5.41, 5.74) is -0.518. The molecule has 2 bridgehead atoms. The number of phenolic OH excluding ortho intramolecular Hbond substituents is 1. The number of hydrogen-bond donors (Lipinski definition) is 2. The lowest BCUT2D eigenvalue weighted by molar-refractivity contribution is -0.137. The molecule has 2 aliphatic heterocycles. The number of halogens is 3. The van der Waals surface area contributed by atoms with Gasteiger partial charge in [0.15, 0.2) is 0 Å². The second-order valence-corrected chi connectivity index (χ2v) is 12.3. The number of carbonyl (C=O) groups is 2. The van der Waals surface area contributed by atoms with Crippen LogP contribution in [0, 0.1) is 29.6 Å². The number of imide groups is 1. The number of amides is 2. The molecule has 0 spiro atoms.